The summed E-state index contributed by atoms with van der Waals surface area (Å²) in [6.07, 6.45) is 1.38. The molecule has 2 nitrogen and oxygen atoms in total. The molecule has 17 heavy (non-hydrogen) atoms. The topological polar surface area (TPSA) is 21.3 Å². The van der Waals surface area contributed by atoms with Crippen molar-refractivity contribution in [3.05, 3.63) is 34.9 Å². The summed E-state index contributed by atoms with van der Waals surface area (Å²) in [5, 5.41) is 4.16. The minimum Gasteiger partial charge on any atom is -0.379 e. The highest BCUT2D eigenvalue weighted by molar-refractivity contribution is 6.30. The van der Waals surface area contributed by atoms with Crippen LogP contribution in [0.15, 0.2) is 24.3 Å². The lowest BCUT2D eigenvalue weighted by atomic mass is 10.2. The van der Waals surface area contributed by atoms with Crippen LogP contribution in [-0.2, 0) is 11.3 Å². The molecule has 0 unspecified atom stereocenters. The quantitative estimate of drug-likeness (QED) is 0.768. The van der Waals surface area contributed by atoms with Crippen molar-refractivity contribution in [2.24, 2.45) is 0 Å². The fraction of sp³-hybridized carbons (Fsp3) is 0.538. The number of ether oxygens (including phenoxy) is 1. The molecule has 0 atom stereocenters. The van der Waals surface area contributed by atoms with E-state index in [2.05, 4.69) is 19.2 Å². The Labute approximate surface area is 115 Å². The smallest absolute Gasteiger partial charge is 0.0518 e. The van der Waals surface area contributed by atoms with Gasteiger partial charge in [-0.3, -0.25) is 0 Å². The van der Waals surface area contributed by atoms with E-state index in [1.807, 2.05) is 24.3 Å². The lowest BCUT2D eigenvalue weighted by molar-refractivity contribution is 0.0770. The van der Waals surface area contributed by atoms with E-state index >= 15 is 0 Å². The normalized spacial score (nSPS) is 10.4. The van der Waals surface area contributed by atoms with Gasteiger partial charge in [-0.1, -0.05) is 23.7 Å². The van der Waals surface area contributed by atoms with Crippen LogP contribution < -0.4 is 5.32 Å². The van der Waals surface area contributed by atoms with E-state index in [1.54, 1.807) is 0 Å². The van der Waals surface area contributed by atoms with E-state index < -0.39 is 0 Å². The van der Waals surface area contributed by atoms with Crippen molar-refractivity contribution in [1.82, 2.24) is 5.32 Å². The zero-order valence-electron chi connectivity index (χ0n) is 10.4. The molecule has 0 bridgehead atoms. The van der Waals surface area contributed by atoms with Crippen LogP contribution in [0.3, 0.4) is 0 Å². The molecular weight excluding hydrogens is 257 g/mol. The second-order valence-electron chi connectivity index (χ2n) is 4.08. The van der Waals surface area contributed by atoms with Crippen LogP contribution in [0.4, 0.5) is 0 Å². The van der Waals surface area contributed by atoms with Crippen LogP contribution >= 0.6 is 24.0 Å². The second-order valence-corrected chi connectivity index (χ2v) is 4.51. The van der Waals surface area contributed by atoms with Crippen LogP contribution in [0.25, 0.3) is 0 Å². The van der Waals surface area contributed by atoms with Gasteiger partial charge in [-0.15, -0.1) is 12.4 Å². The van der Waals surface area contributed by atoms with E-state index in [-0.39, 0.29) is 12.4 Å². The van der Waals surface area contributed by atoms with Crippen molar-refractivity contribution in [1.29, 1.82) is 0 Å². The van der Waals surface area contributed by atoms with Crippen LogP contribution in [0.1, 0.15) is 25.8 Å². The van der Waals surface area contributed by atoms with Gasteiger partial charge in [0, 0.05) is 18.2 Å². The average molecular weight is 278 g/mol. The van der Waals surface area contributed by atoms with Gasteiger partial charge >= 0.3 is 0 Å². The Balaban J connectivity index is 0.00000256. The Morgan fingerprint density at radius 1 is 1.24 bits per heavy atom. The molecule has 0 fully saturated rings. The zero-order valence-corrected chi connectivity index (χ0v) is 12.0. The largest absolute Gasteiger partial charge is 0.379 e. The Bertz CT molecular complexity index is 288. The number of benzene rings is 1. The maximum absolute atomic E-state index is 5.81. The van der Waals surface area contributed by atoms with Crippen molar-refractivity contribution in [3.8, 4) is 0 Å². The van der Waals surface area contributed by atoms with Crippen LogP contribution in [0.5, 0.6) is 0 Å². The van der Waals surface area contributed by atoms with Crippen LogP contribution in [-0.4, -0.2) is 19.3 Å². The summed E-state index contributed by atoms with van der Waals surface area (Å²) in [6, 6.07) is 7.92. The molecule has 0 aliphatic carbocycles. The summed E-state index contributed by atoms with van der Waals surface area (Å²) >= 11 is 5.81. The van der Waals surface area contributed by atoms with E-state index in [9.17, 15) is 0 Å². The predicted octanol–water partition coefficient (Wildman–Crippen LogP) is 3.67. The second kappa shape index (κ2) is 9.72. The third kappa shape index (κ3) is 8.44. The van der Waals surface area contributed by atoms with Gasteiger partial charge in [0.1, 0.15) is 0 Å². The molecule has 1 aromatic carbocycles. The Hall–Kier alpha value is -0.280. The highest BCUT2D eigenvalue weighted by Gasteiger charge is 1.94. The standard InChI is InChI=1S/C13H20ClNO.ClH/c1-11(2)16-9-3-8-15-10-12-4-6-13(14)7-5-12;/h4-7,11,15H,3,8-10H2,1-2H3;1H. The minimum absolute atomic E-state index is 0. The number of rotatable bonds is 7. The Morgan fingerprint density at radius 2 is 1.88 bits per heavy atom. The van der Waals surface area contributed by atoms with Gasteiger partial charge in [-0.2, -0.15) is 0 Å². The lowest BCUT2D eigenvalue weighted by Gasteiger charge is -2.08. The molecule has 0 spiro atoms. The summed E-state index contributed by atoms with van der Waals surface area (Å²) < 4.78 is 5.45. The predicted molar refractivity (Wildman–Crippen MR) is 76.1 cm³/mol. The van der Waals surface area contributed by atoms with Crippen molar-refractivity contribution in [2.45, 2.75) is 32.9 Å². The summed E-state index contributed by atoms with van der Waals surface area (Å²) in [5.74, 6) is 0. The van der Waals surface area contributed by atoms with Crippen molar-refractivity contribution in [3.63, 3.8) is 0 Å². The fourth-order valence-electron chi connectivity index (χ4n) is 1.35. The first-order chi connectivity index (χ1) is 7.68. The Morgan fingerprint density at radius 3 is 2.47 bits per heavy atom. The average Bonchev–Trinajstić information content (AvgIpc) is 2.25. The molecule has 1 rings (SSSR count). The molecule has 0 aromatic heterocycles. The van der Waals surface area contributed by atoms with Crippen LogP contribution in [0.2, 0.25) is 5.02 Å². The molecule has 0 aliphatic rings. The number of hydrogen-bond acceptors (Lipinski definition) is 2. The zero-order chi connectivity index (χ0) is 11.8. The van der Waals surface area contributed by atoms with Gasteiger partial charge in [0.2, 0.25) is 0 Å². The molecule has 1 aromatic rings. The van der Waals surface area contributed by atoms with E-state index in [0.717, 1.165) is 31.1 Å². The first-order valence-electron chi connectivity index (χ1n) is 5.75. The van der Waals surface area contributed by atoms with Gasteiger partial charge in [0.15, 0.2) is 0 Å². The highest BCUT2D eigenvalue weighted by Crippen LogP contribution is 2.08. The SMILES string of the molecule is CC(C)OCCCNCc1ccc(Cl)cc1.Cl. The van der Waals surface area contributed by atoms with E-state index in [4.69, 9.17) is 16.3 Å². The number of nitrogens with one attached hydrogen (secondary N) is 1. The molecule has 0 saturated carbocycles. The molecule has 0 saturated heterocycles. The lowest BCUT2D eigenvalue weighted by Crippen LogP contribution is -2.17. The van der Waals surface area contributed by atoms with Gasteiger partial charge in [0.05, 0.1) is 6.10 Å². The molecule has 1 N–H and O–H groups in total. The molecule has 0 heterocycles. The van der Waals surface area contributed by atoms with Gasteiger partial charge in [-0.25, -0.2) is 0 Å². The maximum Gasteiger partial charge on any atom is 0.0518 e. The third-order valence-corrected chi connectivity index (χ3v) is 2.44. The highest BCUT2D eigenvalue weighted by atomic mass is 35.5. The fourth-order valence-corrected chi connectivity index (χ4v) is 1.48. The maximum atomic E-state index is 5.81. The molecule has 98 valence electrons. The number of halogens is 2. The molecule has 0 radical (unpaired) electrons. The summed E-state index contributed by atoms with van der Waals surface area (Å²) in [6.45, 7) is 6.81. The first-order valence-corrected chi connectivity index (χ1v) is 6.13. The molecule has 0 amide bonds. The summed E-state index contributed by atoms with van der Waals surface area (Å²) in [7, 11) is 0. The van der Waals surface area contributed by atoms with Gasteiger partial charge in [0.25, 0.3) is 0 Å². The van der Waals surface area contributed by atoms with Crippen molar-refractivity contribution in [2.75, 3.05) is 13.2 Å². The summed E-state index contributed by atoms with van der Waals surface area (Å²) in [4.78, 5) is 0. The van der Waals surface area contributed by atoms with Gasteiger partial charge < -0.3 is 10.1 Å². The molecule has 0 aliphatic heterocycles. The molecule has 4 heteroatoms. The van der Waals surface area contributed by atoms with Gasteiger partial charge in [-0.05, 0) is 44.5 Å². The summed E-state index contributed by atoms with van der Waals surface area (Å²) in [5.41, 5.74) is 1.26. The van der Waals surface area contributed by atoms with Crippen molar-refractivity contribution < 1.29 is 4.74 Å². The molecular formula is C13H21Cl2NO. The van der Waals surface area contributed by atoms with E-state index in [0.29, 0.717) is 6.10 Å². The van der Waals surface area contributed by atoms with Crippen LogP contribution in [0, 0.1) is 0 Å². The van der Waals surface area contributed by atoms with Crippen molar-refractivity contribution >= 4 is 24.0 Å². The monoisotopic (exact) mass is 277 g/mol. The number of hydrogen-bond donors (Lipinski definition) is 1. The minimum atomic E-state index is 0. The Kier molecular flexibility index (Phi) is 9.56. The van der Waals surface area contributed by atoms with E-state index in [1.165, 1.54) is 5.56 Å². The first kappa shape index (κ1) is 16.7. The third-order valence-electron chi connectivity index (χ3n) is 2.19.